The molecule has 1 aromatic rings. The van der Waals surface area contributed by atoms with E-state index in [1.807, 2.05) is 5.32 Å². The Hall–Kier alpha value is -2.16. The van der Waals surface area contributed by atoms with Gasteiger partial charge in [-0.25, -0.2) is 9.87 Å². The molecule has 1 aromatic carbocycles. The van der Waals surface area contributed by atoms with Crippen LogP contribution in [0.4, 0.5) is 23.2 Å². The van der Waals surface area contributed by atoms with Gasteiger partial charge in [-0.05, 0) is 18.2 Å². The number of anilines is 1. The molecule has 0 unspecified atom stereocenters. The number of hydrogen-bond acceptors (Lipinski definition) is 3. The van der Waals surface area contributed by atoms with Gasteiger partial charge in [-0.15, -0.1) is 0 Å². The van der Waals surface area contributed by atoms with Gasteiger partial charge in [-0.1, -0.05) is 0 Å². The van der Waals surface area contributed by atoms with Gasteiger partial charge in [0.2, 0.25) is 0 Å². The maximum atomic E-state index is 13.0. The van der Waals surface area contributed by atoms with Crippen LogP contribution in [0.3, 0.4) is 0 Å². The molecule has 0 aromatic heterocycles. The predicted octanol–water partition coefficient (Wildman–Crippen LogP) is 1.46. The summed E-state index contributed by atoms with van der Waals surface area (Å²) in [7, 11) is 1.07. The van der Waals surface area contributed by atoms with E-state index >= 15 is 0 Å². The van der Waals surface area contributed by atoms with Crippen LogP contribution in [0.1, 0.15) is 5.56 Å². The first-order valence-electron chi connectivity index (χ1n) is 4.76. The van der Waals surface area contributed by atoms with Crippen molar-refractivity contribution >= 4 is 17.5 Å². The Morgan fingerprint density at radius 2 is 1.84 bits per heavy atom. The molecule has 104 valence electrons. The Kier molecular flexibility index (Phi) is 4.43. The zero-order valence-electron chi connectivity index (χ0n) is 9.47. The predicted molar refractivity (Wildman–Crippen MR) is 55.2 cm³/mol. The Labute approximate surface area is 104 Å². The lowest BCUT2D eigenvalue weighted by Crippen LogP contribution is -2.34. The van der Waals surface area contributed by atoms with Crippen LogP contribution in [0.2, 0.25) is 0 Å². The van der Waals surface area contributed by atoms with E-state index in [2.05, 4.69) is 4.84 Å². The molecular weight excluding hydrogens is 272 g/mol. The lowest BCUT2D eigenvalue weighted by Gasteiger charge is -2.10. The van der Waals surface area contributed by atoms with E-state index in [9.17, 15) is 27.2 Å². The Morgan fingerprint density at radius 3 is 2.37 bits per heavy atom. The van der Waals surface area contributed by atoms with Crippen molar-refractivity contribution in [3.8, 4) is 0 Å². The number of benzene rings is 1. The minimum absolute atomic E-state index is 0.370. The first-order chi connectivity index (χ1) is 8.75. The Bertz CT molecular complexity index is 502. The summed E-state index contributed by atoms with van der Waals surface area (Å²) < 4.78 is 50.1. The highest BCUT2D eigenvalue weighted by Gasteiger charge is 2.34. The van der Waals surface area contributed by atoms with E-state index in [1.54, 1.807) is 5.48 Å². The maximum Gasteiger partial charge on any atom is 0.419 e. The van der Waals surface area contributed by atoms with Crippen LogP contribution in [-0.4, -0.2) is 18.9 Å². The van der Waals surface area contributed by atoms with Crippen molar-refractivity contribution in [1.29, 1.82) is 0 Å². The van der Waals surface area contributed by atoms with Gasteiger partial charge in [-0.3, -0.25) is 14.4 Å². The maximum absolute atomic E-state index is 13.0. The zero-order chi connectivity index (χ0) is 14.6. The number of rotatable bonds is 2. The fourth-order valence-electron chi connectivity index (χ4n) is 1.15. The minimum Gasteiger partial charge on any atom is -0.318 e. The molecule has 0 heterocycles. The van der Waals surface area contributed by atoms with Gasteiger partial charge < -0.3 is 5.32 Å². The van der Waals surface area contributed by atoms with Crippen LogP contribution in [0.25, 0.3) is 0 Å². The van der Waals surface area contributed by atoms with E-state index in [0.29, 0.717) is 12.1 Å². The average molecular weight is 280 g/mol. The fourth-order valence-corrected chi connectivity index (χ4v) is 1.15. The highest BCUT2D eigenvalue weighted by molar-refractivity contribution is 6.39. The molecule has 0 aliphatic carbocycles. The van der Waals surface area contributed by atoms with E-state index in [-0.39, 0.29) is 5.69 Å². The second-order valence-corrected chi connectivity index (χ2v) is 3.28. The Balaban J connectivity index is 2.92. The third kappa shape index (κ3) is 3.91. The van der Waals surface area contributed by atoms with E-state index in [4.69, 9.17) is 0 Å². The molecule has 5 nitrogen and oxygen atoms in total. The summed E-state index contributed by atoms with van der Waals surface area (Å²) >= 11 is 0. The second kappa shape index (κ2) is 5.65. The standard InChI is InChI=1S/C10H8F4N2O3/c1-19-16-9(18)8(17)15-5-2-3-7(11)6(4-5)10(12,13)14/h2-4H,1H3,(H,15,17)(H,16,18). The zero-order valence-corrected chi connectivity index (χ0v) is 9.47. The van der Waals surface area contributed by atoms with Crippen molar-refractivity contribution in [2.45, 2.75) is 6.18 Å². The quantitative estimate of drug-likeness (QED) is 0.489. The minimum atomic E-state index is -4.90. The van der Waals surface area contributed by atoms with Gasteiger partial charge in [0.15, 0.2) is 0 Å². The summed E-state index contributed by atoms with van der Waals surface area (Å²) in [6.45, 7) is 0. The molecule has 9 heteroatoms. The van der Waals surface area contributed by atoms with E-state index in [0.717, 1.165) is 13.2 Å². The third-order valence-electron chi connectivity index (χ3n) is 1.93. The number of hydroxylamine groups is 1. The van der Waals surface area contributed by atoms with Crippen LogP contribution >= 0.6 is 0 Å². The van der Waals surface area contributed by atoms with Gasteiger partial charge in [0.25, 0.3) is 0 Å². The van der Waals surface area contributed by atoms with Crippen molar-refractivity contribution < 1.29 is 32.0 Å². The van der Waals surface area contributed by atoms with Gasteiger partial charge in [-0.2, -0.15) is 13.2 Å². The van der Waals surface area contributed by atoms with E-state index < -0.39 is 29.4 Å². The summed E-state index contributed by atoms with van der Waals surface area (Å²) in [5.41, 5.74) is -0.240. The summed E-state index contributed by atoms with van der Waals surface area (Å²) in [5.74, 6) is -3.94. The Morgan fingerprint density at radius 1 is 1.21 bits per heavy atom. The van der Waals surface area contributed by atoms with Crippen LogP contribution in [0.5, 0.6) is 0 Å². The molecule has 0 aliphatic heterocycles. The molecule has 0 aliphatic rings. The van der Waals surface area contributed by atoms with E-state index in [1.165, 1.54) is 0 Å². The number of carbonyl (C=O) groups excluding carboxylic acids is 2. The highest BCUT2D eigenvalue weighted by Crippen LogP contribution is 2.32. The second-order valence-electron chi connectivity index (χ2n) is 3.28. The van der Waals surface area contributed by atoms with Crippen LogP contribution in [0.15, 0.2) is 18.2 Å². The molecule has 0 fully saturated rings. The number of halogens is 4. The molecule has 2 N–H and O–H groups in total. The molecule has 0 saturated carbocycles. The van der Waals surface area contributed by atoms with Gasteiger partial charge in [0, 0.05) is 5.69 Å². The third-order valence-corrected chi connectivity index (χ3v) is 1.93. The average Bonchev–Trinajstić information content (AvgIpc) is 2.30. The molecular formula is C10H8F4N2O3. The lowest BCUT2D eigenvalue weighted by molar-refractivity contribution is -0.143. The largest absolute Gasteiger partial charge is 0.419 e. The van der Waals surface area contributed by atoms with Crippen molar-refractivity contribution in [1.82, 2.24) is 5.48 Å². The number of nitrogens with one attached hydrogen (secondary N) is 2. The first-order valence-corrected chi connectivity index (χ1v) is 4.76. The number of carbonyl (C=O) groups is 2. The molecule has 0 radical (unpaired) electrons. The van der Waals surface area contributed by atoms with Crippen LogP contribution in [-0.2, 0) is 20.6 Å². The van der Waals surface area contributed by atoms with Gasteiger partial charge in [0.05, 0.1) is 12.7 Å². The molecule has 0 atom stereocenters. The monoisotopic (exact) mass is 280 g/mol. The van der Waals surface area contributed by atoms with Gasteiger partial charge in [0.1, 0.15) is 5.82 Å². The van der Waals surface area contributed by atoms with Crippen molar-refractivity contribution in [2.24, 2.45) is 0 Å². The first kappa shape index (κ1) is 14.9. The summed E-state index contributed by atoms with van der Waals surface area (Å²) in [6, 6.07) is 1.81. The summed E-state index contributed by atoms with van der Waals surface area (Å²) in [6.07, 6.45) is -4.90. The summed E-state index contributed by atoms with van der Waals surface area (Å²) in [4.78, 5) is 26.3. The fraction of sp³-hybridized carbons (Fsp3) is 0.200. The molecule has 19 heavy (non-hydrogen) atoms. The van der Waals surface area contributed by atoms with Gasteiger partial charge >= 0.3 is 18.0 Å². The van der Waals surface area contributed by atoms with Crippen molar-refractivity contribution in [3.63, 3.8) is 0 Å². The van der Waals surface area contributed by atoms with Crippen molar-refractivity contribution in [2.75, 3.05) is 12.4 Å². The highest BCUT2D eigenvalue weighted by atomic mass is 19.4. The normalized spacial score (nSPS) is 11.0. The smallest absolute Gasteiger partial charge is 0.318 e. The molecule has 2 amide bonds. The number of hydrogen-bond donors (Lipinski definition) is 2. The van der Waals surface area contributed by atoms with Crippen LogP contribution < -0.4 is 10.8 Å². The number of amides is 2. The molecule has 0 saturated heterocycles. The summed E-state index contributed by atoms with van der Waals surface area (Å²) in [5, 5.41) is 1.87. The van der Waals surface area contributed by atoms with Crippen LogP contribution in [0, 0.1) is 5.82 Å². The SMILES string of the molecule is CONC(=O)C(=O)Nc1ccc(F)c(C(F)(F)F)c1. The molecule has 0 spiro atoms. The molecule has 0 bridgehead atoms. The molecule has 1 rings (SSSR count). The van der Waals surface area contributed by atoms with Crippen molar-refractivity contribution in [3.05, 3.63) is 29.6 Å². The lowest BCUT2D eigenvalue weighted by atomic mass is 10.2. The topological polar surface area (TPSA) is 67.4 Å². The number of alkyl halides is 3.